The maximum absolute atomic E-state index is 13.5. The number of carboxylic acid groups (broad SMARTS) is 1. The molecule has 1 aliphatic rings. The Morgan fingerprint density at radius 3 is 2.65 bits per heavy atom. The number of nitrogens with zero attached hydrogens (tertiary/aromatic N) is 1. The molecule has 0 aliphatic carbocycles. The number of thiocarbonyl (C=S) groups is 1. The molecule has 2 aromatic carbocycles. The second kappa shape index (κ2) is 8.89. The Balaban J connectivity index is 1.93. The zero-order valence-electron chi connectivity index (χ0n) is 15.6. The summed E-state index contributed by atoms with van der Waals surface area (Å²) in [7, 11) is 0. The van der Waals surface area contributed by atoms with Crippen LogP contribution in [0, 0.1) is 0 Å². The molecular weight excluding hydrogens is 475 g/mol. The van der Waals surface area contributed by atoms with Gasteiger partial charge in [0.2, 0.25) is 0 Å². The van der Waals surface area contributed by atoms with Gasteiger partial charge in [-0.1, -0.05) is 47.7 Å². The summed E-state index contributed by atoms with van der Waals surface area (Å²) in [6.07, 6.45) is -4.38. The molecule has 1 amide bonds. The number of ether oxygens (including phenoxy) is 1. The molecule has 2 aromatic rings. The van der Waals surface area contributed by atoms with Gasteiger partial charge in [0.1, 0.15) is 5.75 Å². The number of hydrogen-bond acceptors (Lipinski definition) is 5. The minimum Gasteiger partial charge on any atom is -0.479 e. The van der Waals surface area contributed by atoms with Crippen LogP contribution < -0.4 is 9.64 Å². The maximum atomic E-state index is 13.5. The number of benzene rings is 2. The Bertz CT molecular complexity index is 1100. The number of amides is 1. The van der Waals surface area contributed by atoms with E-state index in [0.29, 0.717) is 5.56 Å². The SMILES string of the molecule is CC(Oc1cccc(/C=C2/SC(=S)N(c3ccc(Cl)cc3C(F)(F)F)C2=O)c1)C(=O)O. The van der Waals surface area contributed by atoms with E-state index in [-0.39, 0.29) is 20.0 Å². The third-order valence-electron chi connectivity index (χ3n) is 4.12. The molecule has 1 fully saturated rings. The zero-order valence-corrected chi connectivity index (χ0v) is 18.0. The van der Waals surface area contributed by atoms with Crippen molar-refractivity contribution in [1.82, 2.24) is 0 Å². The van der Waals surface area contributed by atoms with Crippen LogP contribution in [0.15, 0.2) is 47.4 Å². The van der Waals surface area contributed by atoms with Crippen molar-refractivity contribution in [2.45, 2.75) is 19.2 Å². The van der Waals surface area contributed by atoms with E-state index in [9.17, 15) is 22.8 Å². The van der Waals surface area contributed by atoms with Crippen LogP contribution in [0.5, 0.6) is 5.75 Å². The lowest BCUT2D eigenvalue weighted by molar-refractivity contribution is -0.144. The number of anilines is 1. The molecule has 0 aromatic heterocycles. The van der Waals surface area contributed by atoms with E-state index in [1.165, 1.54) is 25.1 Å². The molecule has 5 nitrogen and oxygen atoms in total. The highest BCUT2D eigenvalue weighted by molar-refractivity contribution is 8.27. The number of alkyl halides is 3. The van der Waals surface area contributed by atoms with Crippen LogP contribution in [0.25, 0.3) is 6.08 Å². The molecule has 1 heterocycles. The number of hydrogen-bond donors (Lipinski definition) is 1. The van der Waals surface area contributed by atoms with Gasteiger partial charge in [0, 0.05) is 5.02 Å². The van der Waals surface area contributed by atoms with E-state index in [1.807, 2.05) is 0 Å². The quantitative estimate of drug-likeness (QED) is 0.436. The van der Waals surface area contributed by atoms with Gasteiger partial charge in [0.05, 0.1) is 16.2 Å². The summed E-state index contributed by atoms with van der Waals surface area (Å²) in [5, 5.41) is 8.83. The van der Waals surface area contributed by atoms with Gasteiger partial charge >= 0.3 is 12.1 Å². The zero-order chi connectivity index (χ0) is 22.9. The first-order chi connectivity index (χ1) is 14.5. The lowest BCUT2D eigenvalue weighted by Gasteiger charge is -2.20. The van der Waals surface area contributed by atoms with Crippen molar-refractivity contribution >= 4 is 63.5 Å². The fourth-order valence-corrected chi connectivity index (χ4v) is 4.15. The van der Waals surface area contributed by atoms with Gasteiger partial charge in [-0.05, 0) is 48.9 Å². The Morgan fingerprint density at radius 2 is 2.00 bits per heavy atom. The average Bonchev–Trinajstić information content (AvgIpc) is 2.94. The smallest absolute Gasteiger partial charge is 0.418 e. The number of thioether (sulfide) groups is 1. The summed E-state index contributed by atoms with van der Waals surface area (Å²) in [6.45, 7) is 1.37. The maximum Gasteiger partial charge on any atom is 0.418 e. The van der Waals surface area contributed by atoms with Gasteiger partial charge in [-0.3, -0.25) is 9.69 Å². The number of carbonyl (C=O) groups is 2. The van der Waals surface area contributed by atoms with Gasteiger partial charge < -0.3 is 9.84 Å². The number of halogens is 4. The lowest BCUT2D eigenvalue weighted by Crippen LogP contribution is -2.29. The summed E-state index contributed by atoms with van der Waals surface area (Å²) in [4.78, 5) is 24.7. The standard InChI is InChI=1S/C20H13ClF3NO4S2/c1-10(18(27)28)29-13-4-2-3-11(7-13)8-16-17(26)25(19(30)31-16)15-6-5-12(21)9-14(15)20(22,23)24/h2-10H,1H3,(H,27,28)/b16-8+. The minimum absolute atomic E-state index is 0.0593. The van der Waals surface area contributed by atoms with Crippen LogP contribution in [0.2, 0.25) is 5.02 Å². The van der Waals surface area contributed by atoms with Gasteiger partial charge in [-0.2, -0.15) is 13.2 Å². The van der Waals surface area contributed by atoms with E-state index < -0.39 is 35.4 Å². The Morgan fingerprint density at radius 1 is 1.29 bits per heavy atom. The first kappa shape index (κ1) is 23.1. The first-order valence-electron chi connectivity index (χ1n) is 8.61. The highest BCUT2D eigenvalue weighted by Crippen LogP contribution is 2.43. The van der Waals surface area contributed by atoms with Crippen molar-refractivity contribution in [2.75, 3.05) is 4.90 Å². The Hall–Kier alpha value is -2.56. The normalized spacial score (nSPS) is 16.7. The third kappa shape index (κ3) is 5.20. The summed E-state index contributed by atoms with van der Waals surface area (Å²) in [5.74, 6) is -1.60. The van der Waals surface area contributed by atoms with Crippen molar-refractivity contribution in [3.63, 3.8) is 0 Å². The van der Waals surface area contributed by atoms with Crippen molar-refractivity contribution in [1.29, 1.82) is 0 Å². The number of rotatable bonds is 5. The van der Waals surface area contributed by atoms with E-state index in [1.54, 1.807) is 18.2 Å². The lowest BCUT2D eigenvalue weighted by atomic mass is 10.1. The molecule has 162 valence electrons. The van der Waals surface area contributed by atoms with Crippen molar-refractivity contribution in [3.8, 4) is 5.75 Å². The predicted octanol–water partition coefficient (Wildman–Crippen LogP) is 5.62. The molecule has 31 heavy (non-hydrogen) atoms. The topological polar surface area (TPSA) is 66.8 Å². The molecule has 1 atom stereocenters. The van der Waals surface area contributed by atoms with Crippen LogP contribution in [-0.2, 0) is 15.8 Å². The van der Waals surface area contributed by atoms with Gasteiger partial charge in [-0.15, -0.1) is 0 Å². The highest BCUT2D eigenvalue weighted by Gasteiger charge is 2.41. The van der Waals surface area contributed by atoms with Crippen LogP contribution in [-0.4, -0.2) is 27.4 Å². The highest BCUT2D eigenvalue weighted by atomic mass is 35.5. The monoisotopic (exact) mass is 487 g/mol. The number of carboxylic acids is 1. The predicted molar refractivity (Wildman–Crippen MR) is 116 cm³/mol. The molecule has 0 saturated carbocycles. The number of aliphatic carboxylic acids is 1. The molecule has 0 bridgehead atoms. The van der Waals surface area contributed by atoms with E-state index in [4.69, 9.17) is 33.7 Å². The summed E-state index contributed by atoms with van der Waals surface area (Å²) < 4.78 is 45.6. The van der Waals surface area contributed by atoms with Crippen molar-refractivity contribution < 1.29 is 32.6 Å². The second-order valence-corrected chi connectivity index (χ2v) is 8.46. The summed E-state index contributed by atoms with van der Waals surface area (Å²) >= 11 is 11.7. The average molecular weight is 488 g/mol. The fraction of sp³-hybridized carbons (Fsp3) is 0.150. The third-order valence-corrected chi connectivity index (χ3v) is 5.65. The molecule has 1 aliphatic heterocycles. The van der Waals surface area contributed by atoms with Gasteiger partial charge in [0.15, 0.2) is 10.4 Å². The Labute approximate surface area is 189 Å². The van der Waals surface area contributed by atoms with E-state index >= 15 is 0 Å². The van der Waals surface area contributed by atoms with Crippen LogP contribution >= 0.6 is 35.6 Å². The second-order valence-electron chi connectivity index (χ2n) is 6.35. The van der Waals surface area contributed by atoms with E-state index in [0.717, 1.165) is 28.8 Å². The Kier molecular flexibility index (Phi) is 6.63. The molecule has 1 N–H and O–H groups in total. The molecular formula is C20H13ClF3NO4S2. The number of carbonyl (C=O) groups excluding carboxylic acids is 1. The molecule has 1 unspecified atom stereocenters. The van der Waals surface area contributed by atoms with Gasteiger partial charge in [-0.25, -0.2) is 4.79 Å². The van der Waals surface area contributed by atoms with Gasteiger partial charge in [0.25, 0.3) is 5.91 Å². The van der Waals surface area contributed by atoms with Crippen molar-refractivity contribution in [2.24, 2.45) is 0 Å². The summed E-state index contributed by atoms with van der Waals surface area (Å²) in [6, 6.07) is 9.37. The molecule has 0 radical (unpaired) electrons. The van der Waals surface area contributed by atoms with Crippen molar-refractivity contribution in [3.05, 3.63) is 63.5 Å². The molecule has 11 heteroatoms. The first-order valence-corrected chi connectivity index (χ1v) is 10.2. The van der Waals surface area contributed by atoms with E-state index in [2.05, 4.69) is 0 Å². The van der Waals surface area contributed by atoms with Crippen LogP contribution in [0.1, 0.15) is 18.1 Å². The fourth-order valence-electron chi connectivity index (χ4n) is 2.69. The van der Waals surface area contributed by atoms with Crippen LogP contribution in [0.3, 0.4) is 0 Å². The van der Waals surface area contributed by atoms with Crippen LogP contribution in [0.4, 0.5) is 18.9 Å². The minimum atomic E-state index is -4.74. The summed E-state index contributed by atoms with van der Waals surface area (Å²) in [5.41, 5.74) is -0.992. The molecule has 1 saturated heterocycles. The largest absolute Gasteiger partial charge is 0.479 e. The molecule has 0 spiro atoms. The molecule has 3 rings (SSSR count).